The van der Waals surface area contributed by atoms with E-state index in [-0.39, 0.29) is 43.0 Å². The van der Waals surface area contributed by atoms with Crippen molar-refractivity contribution >= 4 is 41.4 Å². The molecule has 2 aliphatic heterocycles. The molecule has 4 amide bonds. The van der Waals surface area contributed by atoms with E-state index in [9.17, 15) is 24.0 Å². The van der Waals surface area contributed by atoms with Gasteiger partial charge in [0.15, 0.2) is 0 Å². The Kier molecular flexibility index (Phi) is 8.03. The van der Waals surface area contributed by atoms with Crippen molar-refractivity contribution in [2.75, 3.05) is 37.7 Å². The van der Waals surface area contributed by atoms with Crippen molar-refractivity contribution < 1.29 is 29.1 Å². The van der Waals surface area contributed by atoms with Gasteiger partial charge in [-0.2, -0.15) is 0 Å². The molecule has 2 atom stereocenters. The Bertz CT molecular complexity index is 882. The van der Waals surface area contributed by atoms with Crippen molar-refractivity contribution in [1.82, 2.24) is 25.4 Å². The maximum absolute atomic E-state index is 13.1. The lowest BCUT2D eigenvalue weighted by molar-refractivity contribution is -0.142. The average Bonchev–Trinajstić information content (AvgIpc) is 2.80. The predicted molar refractivity (Wildman–Crippen MR) is 115 cm³/mol. The van der Waals surface area contributed by atoms with Gasteiger partial charge in [-0.05, 0) is 25.0 Å². The molecular weight excluding hydrogens is 438 g/mol. The summed E-state index contributed by atoms with van der Waals surface area (Å²) in [5.41, 5.74) is 0.370. The minimum Gasteiger partial charge on any atom is -0.481 e. The molecule has 2 saturated heterocycles. The number of carbonyl (C=O) groups excluding carboxylic acids is 4. The third-order valence-electron chi connectivity index (χ3n) is 5.25. The highest BCUT2D eigenvalue weighted by molar-refractivity contribution is 8.00. The summed E-state index contributed by atoms with van der Waals surface area (Å²) in [6.45, 7) is 0.848. The SMILES string of the molecule is O=C(O)CSCC(=O)N1CCN(C(=O)c2cccnc2)C[C@H]1C(=O)N[C@@H]1CCCNC1=O. The molecule has 0 bridgehead atoms. The van der Waals surface area contributed by atoms with Crippen molar-refractivity contribution in [1.29, 1.82) is 0 Å². The number of thioether (sulfide) groups is 1. The maximum atomic E-state index is 13.1. The lowest BCUT2D eigenvalue weighted by atomic mass is 10.0. The maximum Gasteiger partial charge on any atom is 0.313 e. The molecule has 32 heavy (non-hydrogen) atoms. The van der Waals surface area contributed by atoms with Crippen LogP contribution in [0.5, 0.6) is 0 Å². The fraction of sp³-hybridized carbons (Fsp3) is 0.500. The summed E-state index contributed by atoms with van der Waals surface area (Å²) in [6, 6.07) is 1.58. The van der Waals surface area contributed by atoms with E-state index in [2.05, 4.69) is 15.6 Å². The lowest BCUT2D eigenvalue weighted by Crippen LogP contribution is -2.64. The van der Waals surface area contributed by atoms with Crippen LogP contribution in [0.15, 0.2) is 24.5 Å². The van der Waals surface area contributed by atoms with E-state index in [1.165, 1.54) is 16.0 Å². The van der Waals surface area contributed by atoms with Gasteiger partial charge in [0.1, 0.15) is 12.1 Å². The van der Waals surface area contributed by atoms with Crippen LogP contribution >= 0.6 is 11.8 Å². The molecule has 3 rings (SSSR count). The number of nitrogens with one attached hydrogen (secondary N) is 2. The number of rotatable bonds is 7. The second kappa shape index (κ2) is 10.9. The number of piperidine rings is 1. The monoisotopic (exact) mass is 463 g/mol. The summed E-state index contributed by atoms with van der Waals surface area (Å²) in [7, 11) is 0. The number of piperazine rings is 1. The number of carbonyl (C=O) groups is 5. The zero-order chi connectivity index (χ0) is 23.1. The van der Waals surface area contributed by atoms with Gasteiger partial charge in [0.25, 0.3) is 5.91 Å². The molecule has 0 saturated carbocycles. The smallest absolute Gasteiger partial charge is 0.313 e. The van der Waals surface area contributed by atoms with Crippen LogP contribution in [-0.2, 0) is 19.2 Å². The highest BCUT2D eigenvalue weighted by atomic mass is 32.2. The first kappa shape index (κ1) is 23.5. The van der Waals surface area contributed by atoms with Crippen molar-refractivity contribution in [3.63, 3.8) is 0 Å². The highest BCUT2D eigenvalue weighted by Crippen LogP contribution is 2.16. The van der Waals surface area contributed by atoms with Gasteiger partial charge < -0.3 is 25.5 Å². The minimum atomic E-state index is -1.03. The van der Waals surface area contributed by atoms with Crippen LogP contribution in [-0.4, -0.2) is 99.3 Å². The largest absolute Gasteiger partial charge is 0.481 e. The molecule has 0 aromatic carbocycles. The van der Waals surface area contributed by atoms with Gasteiger partial charge in [0.2, 0.25) is 17.7 Å². The standard InChI is InChI=1S/C20H25N5O6S/c26-16(11-32-12-17(27)28)25-8-7-24(20(31)13-3-1-5-21-9-13)10-15(25)19(30)23-14-4-2-6-22-18(14)29/h1,3,5,9,14-15H,2,4,6-8,10-12H2,(H,22,29)(H,23,30)(H,27,28)/t14-,15+/m1/s1. The number of hydrogen-bond acceptors (Lipinski definition) is 7. The Balaban J connectivity index is 1.73. The molecule has 1 aromatic heterocycles. The Morgan fingerprint density at radius 2 is 2.06 bits per heavy atom. The quantitative estimate of drug-likeness (QED) is 0.464. The number of hydrogen-bond donors (Lipinski definition) is 3. The third kappa shape index (κ3) is 5.96. The first-order valence-corrected chi connectivity index (χ1v) is 11.4. The Morgan fingerprint density at radius 3 is 2.75 bits per heavy atom. The van der Waals surface area contributed by atoms with E-state index in [1.54, 1.807) is 18.3 Å². The van der Waals surface area contributed by atoms with Crippen LogP contribution in [0, 0.1) is 0 Å². The van der Waals surface area contributed by atoms with Gasteiger partial charge in [-0.15, -0.1) is 11.8 Å². The van der Waals surface area contributed by atoms with Gasteiger partial charge >= 0.3 is 5.97 Å². The molecule has 172 valence electrons. The molecule has 11 nitrogen and oxygen atoms in total. The van der Waals surface area contributed by atoms with Crippen LogP contribution in [0.25, 0.3) is 0 Å². The van der Waals surface area contributed by atoms with Crippen molar-refractivity contribution in [3.05, 3.63) is 30.1 Å². The molecule has 2 aliphatic rings. The van der Waals surface area contributed by atoms with Crippen molar-refractivity contribution in [3.8, 4) is 0 Å². The number of pyridine rings is 1. The van der Waals surface area contributed by atoms with Crippen LogP contribution < -0.4 is 10.6 Å². The molecule has 3 N–H and O–H groups in total. The lowest BCUT2D eigenvalue weighted by Gasteiger charge is -2.41. The van der Waals surface area contributed by atoms with Crippen LogP contribution in [0.1, 0.15) is 23.2 Å². The van der Waals surface area contributed by atoms with E-state index in [4.69, 9.17) is 5.11 Å². The number of nitrogens with zero attached hydrogens (tertiary/aromatic N) is 3. The molecule has 3 heterocycles. The number of aromatic nitrogens is 1. The molecule has 12 heteroatoms. The highest BCUT2D eigenvalue weighted by Gasteiger charge is 2.38. The second-order valence-corrected chi connectivity index (χ2v) is 8.46. The molecular formula is C20H25N5O6S. The van der Waals surface area contributed by atoms with Gasteiger partial charge in [0, 0.05) is 32.0 Å². The average molecular weight is 464 g/mol. The first-order valence-electron chi connectivity index (χ1n) is 10.2. The zero-order valence-electron chi connectivity index (χ0n) is 17.4. The van der Waals surface area contributed by atoms with E-state index in [0.717, 1.165) is 18.2 Å². The summed E-state index contributed by atoms with van der Waals surface area (Å²) in [5, 5.41) is 14.2. The van der Waals surface area contributed by atoms with Gasteiger partial charge in [-0.25, -0.2) is 0 Å². The number of carboxylic acids is 1. The summed E-state index contributed by atoms with van der Waals surface area (Å²) >= 11 is 0.942. The first-order chi connectivity index (χ1) is 15.4. The zero-order valence-corrected chi connectivity index (χ0v) is 18.2. The number of aliphatic carboxylic acids is 1. The normalized spacial score (nSPS) is 20.9. The predicted octanol–water partition coefficient (Wildman–Crippen LogP) is -1.05. The minimum absolute atomic E-state index is 0.0385. The van der Waals surface area contributed by atoms with E-state index in [0.29, 0.717) is 18.5 Å². The molecule has 0 unspecified atom stereocenters. The van der Waals surface area contributed by atoms with Crippen molar-refractivity contribution in [2.24, 2.45) is 0 Å². The van der Waals surface area contributed by atoms with E-state index >= 15 is 0 Å². The summed E-state index contributed by atoms with van der Waals surface area (Å²) < 4.78 is 0. The molecule has 0 radical (unpaired) electrons. The summed E-state index contributed by atoms with van der Waals surface area (Å²) in [5.74, 6) is -2.87. The molecule has 0 spiro atoms. The van der Waals surface area contributed by atoms with Crippen LogP contribution in [0.2, 0.25) is 0 Å². The Hall–Kier alpha value is -3.15. The Morgan fingerprint density at radius 1 is 1.25 bits per heavy atom. The molecule has 0 aliphatic carbocycles. The van der Waals surface area contributed by atoms with Crippen LogP contribution in [0.3, 0.4) is 0 Å². The number of carboxylic acid groups (broad SMARTS) is 1. The van der Waals surface area contributed by atoms with E-state index < -0.39 is 29.9 Å². The molecule has 1 aromatic rings. The topological polar surface area (TPSA) is 149 Å². The molecule has 2 fully saturated rings. The third-order valence-corrected chi connectivity index (χ3v) is 6.15. The van der Waals surface area contributed by atoms with Crippen LogP contribution in [0.4, 0.5) is 0 Å². The fourth-order valence-corrected chi connectivity index (χ4v) is 4.27. The van der Waals surface area contributed by atoms with Gasteiger partial charge in [0.05, 0.1) is 23.6 Å². The number of amides is 4. The van der Waals surface area contributed by atoms with E-state index in [1.807, 2.05) is 0 Å². The summed E-state index contributed by atoms with van der Waals surface area (Å²) in [4.78, 5) is 68.2. The Labute approximate surface area is 188 Å². The second-order valence-electron chi connectivity index (χ2n) is 7.48. The van der Waals surface area contributed by atoms with Gasteiger partial charge in [-0.1, -0.05) is 0 Å². The van der Waals surface area contributed by atoms with Crippen molar-refractivity contribution in [2.45, 2.75) is 24.9 Å². The van der Waals surface area contributed by atoms with Gasteiger partial charge in [-0.3, -0.25) is 29.0 Å². The summed E-state index contributed by atoms with van der Waals surface area (Å²) in [6.07, 6.45) is 4.20. The fourth-order valence-electron chi connectivity index (χ4n) is 3.65.